The Labute approximate surface area is 181 Å². The number of aryl methyl sites for hydroxylation is 1. The highest BCUT2D eigenvalue weighted by molar-refractivity contribution is 7.99. The average Bonchev–Trinajstić information content (AvgIpc) is 3.03. The Hall–Kier alpha value is -1.17. The van der Waals surface area contributed by atoms with Crippen molar-refractivity contribution < 1.29 is 0 Å². The van der Waals surface area contributed by atoms with Crippen molar-refractivity contribution >= 4 is 69.8 Å². The van der Waals surface area contributed by atoms with Crippen LogP contribution in [0.5, 0.6) is 0 Å². The van der Waals surface area contributed by atoms with Gasteiger partial charge in [0.2, 0.25) is 0 Å². The number of hydrogen-bond acceptors (Lipinski definition) is 4. The number of halogens is 3. The maximum absolute atomic E-state index is 6.16. The zero-order valence-electron chi connectivity index (χ0n) is 14.3. The molecule has 1 aliphatic heterocycles. The molecule has 4 rings (SSSR count). The number of rotatable bonds is 4. The van der Waals surface area contributed by atoms with Crippen molar-refractivity contribution in [1.82, 2.24) is 0 Å². The lowest BCUT2D eigenvalue weighted by atomic mass is 10.2. The minimum atomic E-state index is -0.0681. The lowest BCUT2D eigenvalue weighted by Crippen LogP contribution is -2.39. The Morgan fingerprint density at radius 1 is 1.07 bits per heavy atom. The molecular weight excluding hydrogens is 439 g/mol. The van der Waals surface area contributed by atoms with Crippen molar-refractivity contribution in [3.8, 4) is 0 Å². The molecule has 2 aromatic carbocycles. The van der Waals surface area contributed by atoms with E-state index in [-0.39, 0.29) is 5.50 Å². The van der Waals surface area contributed by atoms with Crippen LogP contribution in [0.3, 0.4) is 0 Å². The van der Waals surface area contributed by atoms with E-state index in [4.69, 9.17) is 39.8 Å². The second-order valence-electron chi connectivity index (χ2n) is 6.16. The van der Waals surface area contributed by atoms with Crippen molar-refractivity contribution in [2.24, 2.45) is 4.99 Å². The number of nitrogens with zero attached hydrogens (tertiary/aromatic N) is 2. The Morgan fingerprint density at radius 2 is 1.85 bits per heavy atom. The normalized spacial score (nSPS) is 15.9. The predicted octanol–water partition coefficient (Wildman–Crippen LogP) is 6.11. The summed E-state index contributed by atoms with van der Waals surface area (Å²) in [4.78, 5) is 7.21. The summed E-state index contributed by atoms with van der Waals surface area (Å²) in [5, 5.41) is 5.10. The van der Waals surface area contributed by atoms with Gasteiger partial charge < -0.3 is 4.90 Å². The highest BCUT2D eigenvalue weighted by Gasteiger charge is 2.21. The molecule has 27 heavy (non-hydrogen) atoms. The van der Waals surface area contributed by atoms with E-state index in [0.717, 1.165) is 27.4 Å². The second-order valence-corrected chi connectivity index (χ2v) is 9.36. The van der Waals surface area contributed by atoms with Crippen LogP contribution in [0.2, 0.25) is 15.1 Å². The molecule has 1 atom stereocenters. The first-order valence-electron chi connectivity index (χ1n) is 8.24. The van der Waals surface area contributed by atoms with E-state index in [1.54, 1.807) is 23.1 Å². The molecule has 0 spiro atoms. The minimum absolute atomic E-state index is 0.0681. The highest BCUT2D eigenvalue weighted by Crippen LogP contribution is 2.31. The van der Waals surface area contributed by atoms with E-state index < -0.39 is 0 Å². The quantitative estimate of drug-likeness (QED) is 0.473. The fourth-order valence-corrected chi connectivity index (χ4v) is 5.22. The number of benzene rings is 2. The molecule has 0 fully saturated rings. The third-order valence-electron chi connectivity index (χ3n) is 4.21. The number of hydrogen-bond donors (Lipinski definition) is 0. The Kier molecular flexibility index (Phi) is 5.72. The van der Waals surface area contributed by atoms with E-state index in [0.29, 0.717) is 10.0 Å². The first-order chi connectivity index (χ1) is 13.0. The van der Waals surface area contributed by atoms with E-state index in [1.807, 2.05) is 42.5 Å². The van der Waals surface area contributed by atoms with Gasteiger partial charge in [0.15, 0.2) is 5.50 Å². The third kappa shape index (κ3) is 4.15. The molecule has 0 aliphatic carbocycles. The maximum Gasteiger partial charge on any atom is 0.173 e. The van der Waals surface area contributed by atoms with Gasteiger partial charge in [0.25, 0.3) is 0 Å². The second kappa shape index (κ2) is 8.06. The zero-order valence-corrected chi connectivity index (χ0v) is 18.2. The van der Waals surface area contributed by atoms with Gasteiger partial charge in [-0.05, 0) is 59.8 Å². The highest BCUT2D eigenvalue weighted by atomic mass is 35.5. The first kappa shape index (κ1) is 19.2. The van der Waals surface area contributed by atoms with Crippen molar-refractivity contribution in [3.05, 3.63) is 83.9 Å². The van der Waals surface area contributed by atoms with E-state index in [9.17, 15) is 0 Å². The molecule has 2 heterocycles. The van der Waals surface area contributed by atoms with Crippen molar-refractivity contribution in [3.63, 3.8) is 0 Å². The number of fused-ring (bicyclic) bond motifs is 1. The van der Waals surface area contributed by atoms with E-state index in [2.05, 4.69) is 23.4 Å². The zero-order chi connectivity index (χ0) is 19.0. The van der Waals surface area contributed by atoms with Gasteiger partial charge in [-0.25, -0.2) is 4.99 Å². The minimum Gasteiger partial charge on any atom is -0.315 e. The molecule has 2 nitrogen and oxygen atoms in total. The summed E-state index contributed by atoms with van der Waals surface area (Å²) < 4.78 is 1.17. The summed E-state index contributed by atoms with van der Waals surface area (Å²) in [6, 6.07) is 13.6. The molecule has 1 aromatic heterocycles. The molecule has 3 aromatic rings. The summed E-state index contributed by atoms with van der Waals surface area (Å²) in [7, 11) is 0. The summed E-state index contributed by atoms with van der Waals surface area (Å²) in [6.07, 6.45) is 2.18. The SMILES string of the molecule is Cc1csc2c1=NC(SCc1ccc(Cl)c(Cl)c1)N(c1ccc(Cl)cc1)C=2. The van der Waals surface area contributed by atoms with Crippen molar-refractivity contribution in [2.75, 3.05) is 4.90 Å². The summed E-state index contributed by atoms with van der Waals surface area (Å²) in [6.45, 7) is 2.10. The van der Waals surface area contributed by atoms with Crippen LogP contribution in [-0.4, -0.2) is 5.50 Å². The van der Waals surface area contributed by atoms with Crippen LogP contribution < -0.4 is 14.8 Å². The van der Waals surface area contributed by atoms with E-state index >= 15 is 0 Å². The van der Waals surface area contributed by atoms with Gasteiger partial charge in [-0.1, -0.05) is 40.9 Å². The number of anilines is 1. The monoisotopic (exact) mass is 452 g/mol. The fourth-order valence-electron chi connectivity index (χ4n) is 2.81. The Bertz CT molecular complexity index is 1090. The molecule has 1 unspecified atom stereocenters. The lowest BCUT2D eigenvalue weighted by Gasteiger charge is -2.29. The van der Waals surface area contributed by atoms with Gasteiger partial charge >= 0.3 is 0 Å². The molecule has 7 heteroatoms. The van der Waals surface area contributed by atoms with Crippen LogP contribution in [0.1, 0.15) is 11.1 Å². The summed E-state index contributed by atoms with van der Waals surface area (Å²) in [5.74, 6) is 0.779. The molecule has 1 aliphatic rings. The Morgan fingerprint density at radius 3 is 2.59 bits per heavy atom. The fraction of sp³-hybridized carbons (Fsp3) is 0.150. The average molecular weight is 454 g/mol. The topological polar surface area (TPSA) is 15.6 Å². The van der Waals surface area contributed by atoms with Crippen molar-refractivity contribution in [2.45, 2.75) is 18.2 Å². The summed E-state index contributed by atoms with van der Waals surface area (Å²) in [5.41, 5.74) is 3.32. The number of thioether (sulfide) groups is 1. The summed E-state index contributed by atoms with van der Waals surface area (Å²) >= 11 is 21.7. The van der Waals surface area contributed by atoms with Crippen LogP contribution in [0.15, 0.2) is 52.8 Å². The molecule has 0 bridgehead atoms. The van der Waals surface area contributed by atoms with Gasteiger partial charge in [-0.2, -0.15) is 0 Å². The van der Waals surface area contributed by atoms with Gasteiger partial charge in [-0.15, -0.1) is 23.1 Å². The van der Waals surface area contributed by atoms with Gasteiger partial charge in [0, 0.05) is 22.7 Å². The smallest absolute Gasteiger partial charge is 0.173 e. The third-order valence-corrected chi connectivity index (χ3v) is 7.36. The predicted molar refractivity (Wildman–Crippen MR) is 120 cm³/mol. The van der Waals surface area contributed by atoms with Crippen LogP contribution in [0.25, 0.3) is 6.20 Å². The lowest BCUT2D eigenvalue weighted by molar-refractivity contribution is 0.880. The van der Waals surface area contributed by atoms with Crippen LogP contribution in [-0.2, 0) is 5.75 Å². The maximum atomic E-state index is 6.16. The van der Waals surface area contributed by atoms with Crippen LogP contribution in [0, 0.1) is 6.92 Å². The van der Waals surface area contributed by atoms with Gasteiger partial charge in [-0.3, -0.25) is 0 Å². The first-order valence-corrected chi connectivity index (χ1v) is 11.3. The van der Waals surface area contributed by atoms with Crippen LogP contribution >= 0.6 is 57.9 Å². The molecule has 0 radical (unpaired) electrons. The number of thiophene rings is 1. The molecule has 0 saturated heterocycles. The Balaban J connectivity index is 1.66. The van der Waals surface area contributed by atoms with Crippen LogP contribution in [0.4, 0.5) is 5.69 Å². The standard InChI is InChI=1S/C20H15Cl3N2S2/c1-12-10-26-18-9-25(15-5-3-14(21)4-6-15)20(24-19(12)18)27-11-13-2-7-16(22)17(23)8-13/h2-10,20H,11H2,1H3. The van der Waals surface area contributed by atoms with Gasteiger partial charge in [0.05, 0.1) is 19.9 Å². The molecule has 0 amide bonds. The molecule has 138 valence electrons. The molecule has 0 saturated carbocycles. The van der Waals surface area contributed by atoms with Crippen molar-refractivity contribution in [1.29, 1.82) is 0 Å². The molecular formula is C20H15Cl3N2S2. The van der Waals surface area contributed by atoms with Gasteiger partial charge in [0.1, 0.15) is 0 Å². The van der Waals surface area contributed by atoms with E-state index in [1.165, 1.54) is 10.1 Å². The largest absolute Gasteiger partial charge is 0.315 e. The molecule has 0 N–H and O–H groups in total.